The molecule has 0 aromatic heterocycles. The first kappa shape index (κ1) is 11.2. The third kappa shape index (κ3) is 3.09. The second kappa shape index (κ2) is 5.14. The minimum atomic E-state index is -0.599. The van der Waals surface area contributed by atoms with E-state index in [1.54, 1.807) is 31.2 Å². The molecule has 15 heavy (non-hydrogen) atoms. The number of benzene rings is 1. The van der Waals surface area contributed by atoms with Crippen LogP contribution in [0.1, 0.15) is 23.7 Å². The van der Waals surface area contributed by atoms with Crippen molar-refractivity contribution in [3.8, 4) is 0 Å². The monoisotopic (exact) mass is 206 g/mol. The zero-order valence-electron chi connectivity index (χ0n) is 8.57. The third-order valence-electron chi connectivity index (χ3n) is 2.09. The number of hydrogen-bond acceptors (Lipinski definition) is 2. The molecule has 1 atom stereocenters. The fourth-order valence-electron chi connectivity index (χ4n) is 1.21. The molecule has 3 N–H and O–H groups in total. The molecule has 0 aliphatic heterocycles. The van der Waals surface area contributed by atoms with Crippen LogP contribution in [0, 0.1) is 0 Å². The lowest BCUT2D eigenvalue weighted by atomic mass is 10.1. The molecule has 80 valence electrons. The van der Waals surface area contributed by atoms with Gasteiger partial charge in [-0.1, -0.05) is 25.1 Å². The van der Waals surface area contributed by atoms with Crippen LogP contribution in [0.15, 0.2) is 30.3 Å². The van der Waals surface area contributed by atoms with Crippen LogP contribution in [0.4, 0.5) is 0 Å². The number of hydrogen-bond donors (Lipinski definition) is 2. The molecule has 0 spiro atoms. The fourth-order valence-corrected chi connectivity index (χ4v) is 1.21. The fraction of sp³-hybridized carbons (Fsp3) is 0.273. The van der Waals surface area contributed by atoms with Gasteiger partial charge >= 0.3 is 0 Å². The van der Waals surface area contributed by atoms with E-state index in [4.69, 9.17) is 5.73 Å². The Bertz CT molecular complexity index is 349. The predicted octanol–water partition coefficient (Wildman–Crippen LogP) is 0.680. The normalized spacial score (nSPS) is 11.8. The van der Waals surface area contributed by atoms with E-state index in [2.05, 4.69) is 5.32 Å². The van der Waals surface area contributed by atoms with E-state index in [0.29, 0.717) is 12.0 Å². The van der Waals surface area contributed by atoms with E-state index in [1.165, 1.54) is 0 Å². The predicted molar refractivity (Wildman–Crippen MR) is 57.2 cm³/mol. The summed E-state index contributed by atoms with van der Waals surface area (Å²) in [5, 5.41) is 2.57. The first-order valence-electron chi connectivity index (χ1n) is 4.80. The van der Waals surface area contributed by atoms with Gasteiger partial charge in [0.15, 0.2) is 0 Å². The Morgan fingerprint density at radius 2 is 1.93 bits per heavy atom. The average Bonchev–Trinajstić information content (AvgIpc) is 2.26. The molecule has 1 aromatic carbocycles. The number of nitrogens with one attached hydrogen (secondary N) is 1. The highest BCUT2D eigenvalue weighted by Gasteiger charge is 2.16. The van der Waals surface area contributed by atoms with Gasteiger partial charge in [0.2, 0.25) is 5.91 Å². The van der Waals surface area contributed by atoms with Crippen molar-refractivity contribution in [3.05, 3.63) is 35.9 Å². The van der Waals surface area contributed by atoms with Crippen LogP contribution in [0.25, 0.3) is 0 Å². The first-order valence-corrected chi connectivity index (χ1v) is 4.80. The highest BCUT2D eigenvalue weighted by atomic mass is 16.2. The number of amides is 2. The van der Waals surface area contributed by atoms with Crippen molar-refractivity contribution < 1.29 is 9.59 Å². The summed E-state index contributed by atoms with van der Waals surface area (Å²) in [6.45, 7) is 1.79. The van der Waals surface area contributed by atoms with E-state index in [-0.39, 0.29) is 5.91 Å². The average molecular weight is 206 g/mol. The van der Waals surface area contributed by atoms with Gasteiger partial charge in [-0.25, -0.2) is 0 Å². The Morgan fingerprint density at radius 3 is 2.40 bits per heavy atom. The number of rotatable bonds is 4. The van der Waals surface area contributed by atoms with Gasteiger partial charge in [-0.2, -0.15) is 0 Å². The van der Waals surface area contributed by atoms with E-state index in [1.807, 2.05) is 6.07 Å². The Balaban J connectivity index is 2.67. The number of primary amides is 1. The standard InChI is InChI=1S/C11H14N2O2/c1-2-9(10(12)14)13-11(15)8-6-4-3-5-7-8/h3-7,9H,2H2,1H3,(H2,12,14)(H,13,15)/t9-/m0/s1. The van der Waals surface area contributed by atoms with E-state index >= 15 is 0 Å². The van der Waals surface area contributed by atoms with E-state index in [9.17, 15) is 9.59 Å². The molecular weight excluding hydrogens is 192 g/mol. The summed E-state index contributed by atoms with van der Waals surface area (Å²) in [5.41, 5.74) is 5.65. The molecule has 4 heteroatoms. The van der Waals surface area contributed by atoms with Gasteiger partial charge in [0.05, 0.1) is 0 Å². The van der Waals surface area contributed by atoms with Crippen LogP contribution in [0.3, 0.4) is 0 Å². The molecule has 0 heterocycles. The Labute approximate surface area is 88.5 Å². The molecule has 1 rings (SSSR count). The van der Waals surface area contributed by atoms with E-state index < -0.39 is 11.9 Å². The zero-order chi connectivity index (χ0) is 11.3. The summed E-state index contributed by atoms with van der Waals surface area (Å²) in [6.07, 6.45) is 0.494. The van der Waals surface area contributed by atoms with Gasteiger partial charge in [-0.15, -0.1) is 0 Å². The van der Waals surface area contributed by atoms with Gasteiger partial charge in [-0.3, -0.25) is 9.59 Å². The van der Waals surface area contributed by atoms with E-state index in [0.717, 1.165) is 0 Å². The third-order valence-corrected chi connectivity index (χ3v) is 2.09. The van der Waals surface area contributed by atoms with Crippen molar-refractivity contribution in [1.82, 2.24) is 5.32 Å². The molecule has 0 fully saturated rings. The van der Waals surface area contributed by atoms with Crippen LogP contribution in [-0.2, 0) is 4.79 Å². The Kier molecular flexibility index (Phi) is 3.85. The first-order chi connectivity index (χ1) is 7.15. The summed E-state index contributed by atoms with van der Waals surface area (Å²) in [5.74, 6) is -0.789. The van der Waals surface area contributed by atoms with Crippen LogP contribution in [0.2, 0.25) is 0 Å². The number of carbonyl (C=O) groups is 2. The number of nitrogens with two attached hydrogens (primary N) is 1. The van der Waals surface area contributed by atoms with Crippen LogP contribution in [0.5, 0.6) is 0 Å². The molecular formula is C11H14N2O2. The maximum atomic E-state index is 11.6. The molecule has 1 aromatic rings. The molecule has 0 radical (unpaired) electrons. The quantitative estimate of drug-likeness (QED) is 0.760. The molecule has 0 unspecified atom stereocenters. The van der Waals surface area contributed by atoms with Crippen molar-refractivity contribution in [1.29, 1.82) is 0 Å². The van der Waals surface area contributed by atoms with Gasteiger partial charge in [0.25, 0.3) is 5.91 Å². The second-order valence-electron chi connectivity index (χ2n) is 3.20. The van der Waals surface area contributed by atoms with Crippen molar-refractivity contribution in [2.24, 2.45) is 5.73 Å². The Morgan fingerprint density at radius 1 is 1.33 bits per heavy atom. The SMILES string of the molecule is CC[C@H](NC(=O)c1ccccc1)C(N)=O. The van der Waals surface area contributed by atoms with Crippen molar-refractivity contribution in [2.75, 3.05) is 0 Å². The zero-order valence-corrected chi connectivity index (χ0v) is 8.57. The van der Waals surface area contributed by atoms with Gasteiger partial charge in [0, 0.05) is 5.56 Å². The van der Waals surface area contributed by atoms with Crippen LogP contribution < -0.4 is 11.1 Å². The van der Waals surface area contributed by atoms with Crippen molar-refractivity contribution >= 4 is 11.8 Å². The second-order valence-corrected chi connectivity index (χ2v) is 3.20. The lowest BCUT2D eigenvalue weighted by Crippen LogP contribution is -2.43. The van der Waals surface area contributed by atoms with Gasteiger partial charge in [0.1, 0.15) is 6.04 Å². The molecule has 0 saturated heterocycles. The summed E-state index contributed by atoms with van der Waals surface area (Å²) >= 11 is 0. The highest BCUT2D eigenvalue weighted by molar-refractivity contribution is 5.97. The lowest BCUT2D eigenvalue weighted by molar-refractivity contribution is -0.119. The number of carbonyl (C=O) groups excluding carboxylic acids is 2. The molecule has 0 bridgehead atoms. The lowest BCUT2D eigenvalue weighted by Gasteiger charge is -2.12. The Hall–Kier alpha value is -1.84. The maximum Gasteiger partial charge on any atom is 0.251 e. The smallest absolute Gasteiger partial charge is 0.251 e. The summed E-state index contributed by atoms with van der Waals surface area (Å²) in [6, 6.07) is 8.12. The molecule has 0 saturated carbocycles. The highest BCUT2D eigenvalue weighted by Crippen LogP contribution is 1.99. The minimum Gasteiger partial charge on any atom is -0.368 e. The molecule has 4 nitrogen and oxygen atoms in total. The van der Waals surface area contributed by atoms with Crippen LogP contribution in [-0.4, -0.2) is 17.9 Å². The van der Waals surface area contributed by atoms with Crippen LogP contribution >= 0.6 is 0 Å². The van der Waals surface area contributed by atoms with Crippen molar-refractivity contribution in [2.45, 2.75) is 19.4 Å². The minimum absolute atomic E-state index is 0.277. The summed E-state index contributed by atoms with van der Waals surface area (Å²) in [7, 11) is 0. The summed E-state index contributed by atoms with van der Waals surface area (Å²) < 4.78 is 0. The van der Waals surface area contributed by atoms with Gasteiger partial charge in [-0.05, 0) is 18.6 Å². The van der Waals surface area contributed by atoms with Gasteiger partial charge < -0.3 is 11.1 Å². The van der Waals surface area contributed by atoms with Crippen molar-refractivity contribution in [3.63, 3.8) is 0 Å². The molecule has 0 aliphatic rings. The molecule has 2 amide bonds. The largest absolute Gasteiger partial charge is 0.368 e. The summed E-state index contributed by atoms with van der Waals surface area (Å²) in [4.78, 5) is 22.5. The molecule has 0 aliphatic carbocycles. The topological polar surface area (TPSA) is 72.2 Å². The maximum absolute atomic E-state index is 11.6.